The minimum atomic E-state index is -0.906. The first-order valence-corrected chi connectivity index (χ1v) is 6.86. The number of likely N-dealkylation sites (tertiary alicyclic amines) is 1. The van der Waals surface area contributed by atoms with Crippen LogP contribution in [0, 0.1) is 0 Å². The van der Waals surface area contributed by atoms with Gasteiger partial charge in [-0.2, -0.15) is 0 Å². The molecule has 1 aromatic carbocycles. The van der Waals surface area contributed by atoms with Gasteiger partial charge >= 0.3 is 5.97 Å². The summed E-state index contributed by atoms with van der Waals surface area (Å²) in [5, 5.41) is 9.11. The molecule has 0 bridgehead atoms. The van der Waals surface area contributed by atoms with Crippen molar-refractivity contribution in [2.24, 2.45) is 0 Å². The van der Waals surface area contributed by atoms with E-state index < -0.39 is 12.0 Å². The van der Waals surface area contributed by atoms with Gasteiger partial charge in [-0.15, -0.1) is 0 Å². The van der Waals surface area contributed by atoms with Crippen LogP contribution in [0.15, 0.2) is 24.3 Å². The van der Waals surface area contributed by atoms with E-state index in [-0.39, 0.29) is 11.8 Å². The average Bonchev–Trinajstić information content (AvgIpc) is 2.88. The summed E-state index contributed by atoms with van der Waals surface area (Å²) in [6.45, 7) is 2.51. The number of carboxylic acid groups (broad SMARTS) is 1. The second kappa shape index (κ2) is 5.94. The number of carboxylic acids is 1. The van der Waals surface area contributed by atoms with Gasteiger partial charge in [-0.05, 0) is 36.5 Å². The highest BCUT2D eigenvalue weighted by molar-refractivity contribution is 5.84. The molecule has 108 valence electrons. The van der Waals surface area contributed by atoms with E-state index in [0.717, 1.165) is 12.0 Å². The zero-order valence-electron chi connectivity index (χ0n) is 11.6. The Hall–Kier alpha value is -2.04. The van der Waals surface area contributed by atoms with Gasteiger partial charge in [0.15, 0.2) is 0 Å². The molecule has 1 aliphatic rings. The van der Waals surface area contributed by atoms with E-state index in [4.69, 9.17) is 10.8 Å². The fourth-order valence-corrected chi connectivity index (χ4v) is 2.64. The lowest BCUT2D eigenvalue weighted by molar-refractivity contribution is -0.148. The van der Waals surface area contributed by atoms with Gasteiger partial charge < -0.3 is 15.7 Å². The molecule has 3 N–H and O–H groups in total. The third-order valence-electron chi connectivity index (χ3n) is 3.84. The van der Waals surface area contributed by atoms with Gasteiger partial charge in [0.25, 0.3) is 0 Å². The number of carbonyl (C=O) groups is 2. The summed E-state index contributed by atoms with van der Waals surface area (Å²) < 4.78 is 0. The normalized spacial score (nSPS) is 19.9. The number of carbonyl (C=O) groups excluding carboxylic acids is 1. The van der Waals surface area contributed by atoms with E-state index in [2.05, 4.69) is 0 Å². The molecule has 20 heavy (non-hydrogen) atoms. The van der Waals surface area contributed by atoms with Crippen molar-refractivity contribution in [1.82, 2.24) is 4.90 Å². The van der Waals surface area contributed by atoms with Crippen LogP contribution in [0.5, 0.6) is 0 Å². The summed E-state index contributed by atoms with van der Waals surface area (Å²) in [7, 11) is 0. The van der Waals surface area contributed by atoms with E-state index in [1.807, 2.05) is 31.2 Å². The van der Waals surface area contributed by atoms with Crippen molar-refractivity contribution in [3.05, 3.63) is 29.8 Å². The number of anilines is 1. The molecule has 0 aliphatic carbocycles. The number of hydrogen-bond acceptors (Lipinski definition) is 3. The molecule has 1 heterocycles. The highest BCUT2D eigenvalue weighted by Crippen LogP contribution is 2.24. The lowest BCUT2D eigenvalue weighted by Gasteiger charge is -2.23. The van der Waals surface area contributed by atoms with Gasteiger partial charge in [-0.1, -0.05) is 19.1 Å². The molecule has 2 rings (SSSR count). The molecule has 0 saturated carbocycles. The zero-order valence-corrected chi connectivity index (χ0v) is 11.6. The molecule has 5 heteroatoms. The van der Waals surface area contributed by atoms with Crippen LogP contribution in [0.2, 0.25) is 0 Å². The smallest absolute Gasteiger partial charge is 0.326 e. The first kappa shape index (κ1) is 14.4. The fourth-order valence-electron chi connectivity index (χ4n) is 2.64. The van der Waals surface area contributed by atoms with Crippen molar-refractivity contribution in [1.29, 1.82) is 0 Å². The fraction of sp³-hybridized carbons (Fsp3) is 0.467. The number of nitrogens with two attached hydrogens (primary N) is 1. The largest absolute Gasteiger partial charge is 0.480 e. The molecule has 1 saturated heterocycles. The summed E-state index contributed by atoms with van der Waals surface area (Å²) in [6.07, 6.45) is 1.64. The van der Waals surface area contributed by atoms with Crippen LogP contribution in [0.25, 0.3) is 0 Å². The second-order valence-electron chi connectivity index (χ2n) is 5.36. The predicted molar refractivity (Wildman–Crippen MR) is 76.3 cm³/mol. The standard InChI is InChI=1S/C15H20N2O3/c1-10(11-4-6-12(16)7-5-11)9-14(18)17-8-2-3-13(17)15(19)20/h4-7,10,13H,2-3,8-9,16H2,1H3,(H,19,20)/t10?,13-/m0/s1. The summed E-state index contributed by atoms with van der Waals surface area (Å²) >= 11 is 0. The minimum Gasteiger partial charge on any atom is -0.480 e. The topological polar surface area (TPSA) is 83.6 Å². The molecule has 5 nitrogen and oxygen atoms in total. The maximum absolute atomic E-state index is 12.2. The van der Waals surface area contributed by atoms with Crippen LogP contribution in [-0.4, -0.2) is 34.5 Å². The molecule has 1 aliphatic heterocycles. The highest BCUT2D eigenvalue weighted by Gasteiger charge is 2.34. The predicted octanol–water partition coefficient (Wildman–Crippen LogP) is 1.84. The Labute approximate surface area is 118 Å². The molecule has 1 aromatic rings. The number of hydrogen-bond donors (Lipinski definition) is 2. The van der Waals surface area contributed by atoms with E-state index in [1.54, 1.807) is 0 Å². The Morgan fingerprint density at radius 3 is 2.65 bits per heavy atom. The van der Waals surface area contributed by atoms with Crippen molar-refractivity contribution in [3.8, 4) is 0 Å². The van der Waals surface area contributed by atoms with Crippen LogP contribution in [0.3, 0.4) is 0 Å². The van der Waals surface area contributed by atoms with Crippen molar-refractivity contribution >= 4 is 17.6 Å². The molecule has 0 spiro atoms. The van der Waals surface area contributed by atoms with E-state index >= 15 is 0 Å². The molecule has 2 atom stereocenters. The van der Waals surface area contributed by atoms with E-state index in [9.17, 15) is 9.59 Å². The number of amides is 1. The molecule has 1 unspecified atom stereocenters. The van der Waals surface area contributed by atoms with E-state index in [1.165, 1.54) is 4.90 Å². The summed E-state index contributed by atoms with van der Waals surface area (Å²) in [4.78, 5) is 24.8. The SMILES string of the molecule is CC(CC(=O)N1CCC[C@H]1C(=O)O)c1ccc(N)cc1. The molecule has 0 radical (unpaired) electrons. The molecule has 1 fully saturated rings. The zero-order chi connectivity index (χ0) is 14.7. The van der Waals surface area contributed by atoms with Gasteiger partial charge in [-0.25, -0.2) is 4.79 Å². The van der Waals surface area contributed by atoms with E-state index in [0.29, 0.717) is 25.1 Å². The van der Waals surface area contributed by atoms with Crippen molar-refractivity contribution in [3.63, 3.8) is 0 Å². The number of aliphatic carboxylic acids is 1. The Morgan fingerprint density at radius 2 is 2.05 bits per heavy atom. The molecular formula is C15H20N2O3. The van der Waals surface area contributed by atoms with Gasteiger partial charge in [0.05, 0.1) is 0 Å². The maximum Gasteiger partial charge on any atom is 0.326 e. The maximum atomic E-state index is 12.2. The van der Waals surface area contributed by atoms with Crippen LogP contribution in [0.4, 0.5) is 5.69 Å². The summed E-state index contributed by atoms with van der Waals surface area (Å²) in [5.74, 6) is -0.937. The van der Waals surface area contributed by atoms with Crippen LogP contribution < -0.4 is 5.73 Å². The number of nitrogens with zero attached hydrogens (tertiary/aromatic N) is 1. The van der Waals surface area contributed by atoms with Crippen molar-refractivity contribution in [2.45, 2.75) is 38.1 Å². The Balaban J connectivity index is 2.00. The van der Waals surface area contributed by atoms with Gasteiger partial charge in [-0.3, -0.25) is 4.79 Å². The lowest BCUT2D eigenvalue weighted by atomic mass is 9.97. The quantitative estimate of drug-likeness (QED) is 0.822. The lowest BCUT2D eigenvalue weighted by Crippen LogP contribution is -2.40. The third kappa shape index (κ3) is 3.10. The Bertz CT molecular complexity index is 498. The number of rotatable bonds is 4. The highest BCUT2D eigenvalue weighted by atomic mass is 16.4. The Kier molecular flexibility index (Phi) is 4.27. The first-order chi connectivity index (χ1) is 9.49. The van der Waals surface area contributed by atoms with Crippen LogP contribution in [0.1, 0.15) is 37.7 Å². The van der Waals surface area contributed by atoms with Crippen molar-refractivity contribution < 1.29 is 14.7 Å². The Morgan fingerprint density at radius 1 is 1.40 bits per heavy atom. The molecular weight excluding hydrogens is 256 g/mol. The molecule has 0 aromatic heterocycles. The third-order valence-corrected chi connectivity index (χ3v) is 3.84. The van der Waals surface area contributed by atoms with Crippen LogP contribution >= 0.6 is 0 Å². The van der Waals surface area contributed by atoms with Gasteiger partial charge in [0.2, 0.25) is 5.91 Å². The second-order valence-corrected chi connectivity index (χ2v) is 5.36. The van der Waals surface area contributed by atoms with Crippen molar-refractivity contribution in [2.75, 3.05) is 12.3 Å². The number of benzene rings is 1. The summed E-state index contributed by atoms with van der Waals surface area (Å²) in [5.41, 5.74) is 7.37. The first-order valence-electron chi connectivity index (χ1n) is 6.86. The minimum absolute atomic E-state index is 0.0538. The van der Waals surface area contributed by atoms with Crippen LogP contribution in [-0.2, 0) is 9.59 Å². The monoisotopic (exact) mass is 276 g/mol. The average molecular weight is 276 g/mol. The summed E-state index contributed by atoms with van der Waals surface area (Å²) in [6, 6.07) is 6.79. The molecule has 1 amide bonds. The number of nitrogen functional groups attached to an aromatic ring is 1. The van der Waals surface area contributed by atoms with Gasteiger partial charge in [0.1, 0.15) is 6.04 Å². The van der Waals surface area contributed by atoms with Gasteiger partial charge in [0, 0.05) is 18.7 Å².